The molecule has 7 nitrogen and oxygen atoms in total. The van der Waals surface area contributed by atoms with Gasteiger partial charge in [-0.3, -0.25) is 4.79 Å². The van der Waals surface area contributed by atoms with Crippen molar-refractivity contribution < 1.29 is 29.3 Å². The monoisotopic (exact) mass is 269 g/mol. The third-order valence-corrected chi connectivity index (χ3v) is 2.21. The van der Waals surface area contributed by atoms with Gasteiger partial charge in [-0.1, -0.05) is 12.1 Å². The van der Waals surface area contributed by atoms with Crippen LogP contribution in [0.4, 0.5) is 0 Å². The number of methoxy groups -OCH3 is 1. The van der Waals surface area contributed by atoms with E-state index < -0.39 is 18.0 Å². The number of rotatable bonds is 7. The van der Waals surface area contributed by atoms with Crippen LogP contribution in [-0.4, -0.2) is 48.5 Å². The number of carbonyl (C=O) groups is 2. The number of nitrogens with one attached hydrogen (secondary N) is 1. The highest BCUT2D eigenvalue weighted by Crippen LogP contribution is 2.25. The number of carboxylic acids is 1. The second kappa shape index (κ2) is 7.22. The molecule has 0 heterocycles. The van der Waals surface area contributed by atoms with Crippen molar-refractivity contribution in [2.75, 3.05) is 20.3 Å². The maximum absolute atomic E-state index is 11.4. The van der Waals surface area contributed by atoms with Gasteiger partial charge in [0.1, 0.15) is 0 Å². The van der Waals surface area contributed by atoms with Gasteiger partial charge < -0.3 is 25.0 Å². The number of amides is 1. The van der Waals surface area contributed by atoms with E-state index in [-0.39, 0.29) is 13.2 Å². The summed E-state index contributed by atoms with van der Waals surface area (Å²) in [6, 6.07) is 6.80. The molecule has 1 rings (SSSR count). The number of carboxylic acid groups (broad SMARTS) is 1. The first-order valence-electron chi connectivity index (χ1n) is 5.48. The Hall–Kier alpha value is -2.28. The van der Waals surface area contributed by atoms with Crippen LogP contribution in [0.1, 0.15) is 0 Å². The molecule has 1 aromatic rings. The summed E-state index contributed by atoms with van der Waals surface area (Å²) in [4.78, 5) is 21.7. The third kappa shape index (κ3) is 4.84. The van der Waals surface area contributed by atoms with Gasteiger partial charge in [0.15, 0.2) is 24.2 Å². The van der Waals surface area contributed by atoms with Crippen LogP contribution in [0.25, 0.3) is 0 Å². The number of aliphatic hydroxyl groups excluding tert-OH is 1. The molecule has 0 aliphatic rings. The first kappa shape index (κ1) is 14.8. The fourth-order valence-corrected chi connectivity index (χ4v) is 1.23. The Morgan fingerprint density at radius 1 is 1.32 bits per heavy atom. The van der Waals surface area contributed by atoms with Crippen molar-refractivity contribution in [2.45, 2.75) is 6.10 Å². The van der Waals surface area contributed by atoms with E-state index in [2.05, 4.69) is 5.32 Å². The molecule has 0 aliphatic heterocycles. The summed E-state index contributed by atoms with van der Waals surface area (Å²) < 4.78 is 10.2. The summed E-state index contributed by atoms with van der Waals surface area (Å²) in [5.74, 6) is -1.04. The maximum atomic E-state index is 11.4. The topological polar surface area (TPSA) is 105 Å². The quantitative estimate of drug-likeness (QED) is 0.624. The summed E-state index contributed by atoms with van der Waals surface area (Å²) in [6.45, 7) is -0.670. The molecule has 3 N–H and O–H groups in total. The van der Waals surface area contributed by atoms with Crippen LogP contribution in [-0.2, 0) is 9.59 Å². The van der Waals surface area contributed by atoms with Gasteiger partial charge in [0.2, 0.25) is 0 Å². The van der Waals surface area contributed by atoms with Crippen LogP contribution in [0.15, 0.2) is 24.3 Å². The SMILES string of the molecule is COc1ccccc1OCC(=O)NCC(O)C(=O)O. The van der Waals surface area contributed by atoms with Crippen LogP contribution in [0.5, 0.6) is 11.5 Å². The molecule has 1 aromatic carbocycles. The van der Waals surface area contributed by atoms with Crippen LogP contribution in [0, 0.1) is 0 Å². The van der Waals surface area contributed by atoms with E-state index in [0.29, 0.717) is 11.5 Å². The fourth-order valence-electron chi connectivity index (χ4n) is 1.23. The summed E-state index contributed by atoms with van der Waals surface area (Å²) in [6.07, 6.45) is -1.63. The van der Waals surface area contributed by atoms with Crippen molar-refractivity contribution in [1.82, 2.24) is 5.32 Å². The highest BCUT2D eigenvalue weighted by Gasteiger charge is 2.14. The highest BCUT2D eigenvalue weighted by molar-refractivity contribution is 5.79. The molecule has 1 unspecified atom stereocenters. The number of aliphatic hydroxyl groups is 1. The first-order chi connectivity index (χ1) is 9.04. The highest BCUT2D eigenvalue weighted by atomic mass is 16.5. The zero-order chi connectivity index (χ0) is 14.3. The lowest BCUT2D eigenvalue weighted by Gasteiger charge is -2.11. The van der Waals surface area contributed by atoms with Crippen molar-refractivity contribution in [1.29, 1.82) is 0 Å². The molecular weight excluding hydrogens is 254 g/mol. The number of hydrogen-bond acceptors (Lipinski definition) is 5. The molecule has 0 saturated heterocycles. The lowest BCUT2D eigenvalue weighted by atomic mass is 10.3. The summed E-state index contributed by atoms with van der Waals surface area (Å²) in [5, 5.41) is 19.6. The van der Waals surface area contributed by atoms with Gasteiger partial charge in [0.05, 0.1) is 13.7 Å². The predicted molar refractivity (Wildman–Crippen MR) is 65.1 cm³/mol. The molecule has 0 spiro atoms. The molecule has 19 heavy (non-hydrogen) atoms. The lowest BCUT2D eigenvalue weighted by molar-refractivity contribution is -0.146. The van der Waals surface area contributed by atoms with E-state index in [1.165, 1.54) is 7.11 Å². The minimum atomic E-state index is -1.63. The molecular formula is C12H15NO6. The number of carbonyl (C=O) groups excluding carboxylic acids is 1. The molecule has 0 aliphatic carbocycles. The summed E-state index contributed by atoms with van der Waals surface area (Å²) in [7, 11) is 1.48. The average molecular weight is 269 g/mol. The van der Waals surface area contributed by atoms with E-state index in [1.54, 1.807) is 24.3 Å². The molecule has 0 saturated carbocycles. The number of para-hydroxylation sites is 2. The molecule has 7 heteroatoms. The Morgan fingerprint density at radius 2 is 1.95 bits per heavy atom. The van der Waals surface area contributed by atoms with E-state index in [9.17, 15) is 9.59 Å². The van der Waals surface area contributed by atoms with Crippen LogP contribution < -0.4 is 14.8 Å². The van der Waals surface area contributed by atoms with Crippen molar-refractivity contribution in [2.24, 2.45) is 0 Å². The standard InChI is InChI=1S/C12H15NO6/c1-18-9-4-2-3-5-10(9)19-7-11(15)13-6-8(14)12(16)17/h2-5,8,14H,6-7H2,1H3,(H,13,15)(H,16,17). The normalized spacial score (nSPS) is 11.5. The Balaban J connectivity index is 2.40. The summed E-state index contributed by atoms with van der Waals surface area (Å²) >= 11 is 0. The van der Waals surface area contributed by atoms with Crippen LogP contribution >= 0.6 is 0 Å². The van der Waals surface area contributed by atoms with Crippen LogP contribution in [0.2, 0.25) is 0 Å². The fraction of sp³-hybridized carbons (Fsp3) is 0.333. The minimum absolute atomic E-state index is 0.299. The molecule has 104 valence electrons. The molecule has 0 fully saturated rings. The molecule has 0 bridgehead atoms. The van der Waals surface area contributed by atoms with E-state index >= 15 is 0 Å². The number of ether oxygens (including phenoxy) is 2. The molecule has 0 radical (unpaired) electrons. The lowest BCUT2D eigenvalue weighted by Crippen LogP contribution is -2.38. The van der Waals surface area contributed by atoms with Crippen molar-refractivity contribution in [3.05, 3.63) is 24.3 Å². The van der Waals surface area contributed by atoms with Gasteiger partial charge in [0, 0.05) is 0 Å². The molecule has 1 atom stereocenters. The maximum Gasteiger partial charge on any atom is 0.334 e. The number of aliphatic carboxylic acids is 1. The van der Waals surface area contributed by atoms with E-state index in [1.807, 2.05) is 0 Å². The van der Waals surface area contributed by atoms with Gasteiger partial charge in [-0.05, 0) is 12.1 Å². The van der Waals surface area contributed by atoms with Crippen LogP contribution in [0.3, 0.4) is 0 Å². The average Bonchev–Trinajstić information content (AvgIpc) is 2.42. The molecule has 1 amide bonds. The van der Waals surface area contributed by atoms with E-state index in [0.717, 1.165) is 0 Å². The first-order valence-corrected chi connectivity index (χ1v) is 5.48. The van der Waals surface area contributed by atoms with Gasteiger partial charge in [-0.25, -0.2) is 4.79 Å². The second-order valence-corrected chi connectivity index (χ2v) is 3.60. The largest absolute Gasteiger partial charge is 0.493 e. The third-order valence-electron chi connectivity index (χ3n) is 2.21. The van der Waals surface area contributed by atoms with Crippen molar-refractivity contribution in [3.63, 3.8) is 0 Å². The Bertz CT molecular complexity index is 448. The Morgan fingerprint density at radius 3 is 2.53 bits per heavy atom. The van der Waals surface area contributed by atoms with Gasteiger partial charge in [0.25, 0.3) is 5.91 Å². The minimum Gasteiger partial charge on any atom is -0.493 e. The molecule has 0 aromatic heterocycles. The van der Waals surface area contributed by atoms with Crippen molar-refractivity contribution in [3.8, 4) is 11.5 Å². The smallest absolute Gasteiger partial charge is 0.334 e. The predicted octanol–water partition coefficient (Wildman–Crippen LogP) is -0.364. The second-order valence-electron chi connectivity index (χ2n) is 3.60. The Kier molecular flexibility index (Phi) is 5.62. The van der Waals surface area contributed by atoms with Gasteiger partial charge in [-0.15, -0.1) is 0 Å². The van der Waals surface area contributed by atoms with E-state index in [4.69, 9.17) is 19.7 Å². The van der Waals surface area contributed by atoms with Gasteiger partial charge in [-0.2, -0.15) is 0 Å². The zero-order valence-electron chi connectivity index (χ0n) is 10.3. The number of hydrogen-bond donors (Lipinski definition) is 3. The Labute approximate surface area is 109 Å². The zero-order valence-corrected chi connectivity index (χ0v) is 10.3. The summed E-state index contributed by atoms with van der Waals surface area (Å²) in [5.41, 5.74) is 0. The van der Waals surface area contributed by atoms with Crippen molar-refractivity contribution >= 4 is 11.9 Å². The number of benzene rings is 1. The van der Waals surface area contributed by atoms with Gasteiger partial charge >= 0.3 is 5.97 Å².